The van der Waals surface area contributed by atoms with Crippen LogP contribution in [-0.2, 0) is 6.18 Å². The minimum Gasteiger partial charge on any atom is -0.439 e. The van der Waals surface area contributed by atoms with Crippen LogP contribution in [0, 0.1) is 3.57 Å². The lowest BCUT2D eigenvalue weighted by Gasteiger charge is -2.08. The molecule has 0 aliphatic carbocycles. The Labute approximate surface area is 115 Å². The van der Waals surface area contributed by atoms with Gasteiger partial charge in [0.15, 0.2) is 0 Å². The zero-order valence-corrected chi connectivity index (χ0v) is 11.1. The number of rotatable bonds is 2. The molecule has 2 rings (SSSR count). The maximum Gasteiger partial charge on any atom is 0.416 e. The third-order valence-corrected chi connectivity index (χ3v) is 2.74. The minimum atomic E-state index is -4.33. The van der Waals surface area contributed by atoms with Crippen molar-refractivity contribution in [2.75, 3.05) is 0 Å². The van der Waals surface area contributed by atoms with Crippen LogP contribution in [0.3, 0.4) is 0 Å². The summed E-state index contributed by atoms with van der Waals surface area (Å²) in [7, 11) is 0. The van der Waals surface area contributed by atoms with Crippen LogP contribution in [0.4, 0.5) is 13.2 Å². The number of benzene rings is 1. The number of ether oxygens (including phenoxy) is 1. The zero-order valence-electron chi connectivity index (χ0n) is 8.91. The van der Waals surface area contributed by atoms with Crippen molar-refractivity contribution in [3.05, 3.63) is 51.7 Å². The van der Waals surface area contributed by atoms with Crippen LogP contribution >= 0.6 is 22.6 Å². The summed E-state index contributed by atoms with van der Waals surface area (Å²) in [6, 6.07) is 7.93. The Morgan fingerprint density at radius 3 is 2.17 bits per heavy atom. The largest absolute Gasteiger partial charge is 0.439 e. The highest BCUT2D eigenvalue weighted by atomic mass is 127. The average molecular weight is 365 g/mol. The van der Waals surface area contributed by atoms with E-state index < -0.39 is 11.7 Å². The Morgan fingerprint density at radius 2 is 1.67 bits per heavy atom. The van der Waals surface area contributed by atoms with Crippen molar-refractivity contribution in [1.29, 1.82) is 0 Å². The Balaban J connectivity index is 2.13. The number of hydrogen-bond donors (Lipinski definition) is 0. The van der Waals surface area contributed by atoms with Crippen LogP contribution in [0.15, 0.2) is 42.6 Å². The van der Waals surface area contributed by atoms with Crippen LogP contribution in [0.1, 0.15) is 5.56 Å². The van der Waals surface area contributed by atoms with E-state index >= 15 is 0 Å². The van der Waals surface area contributed by atoms with Gasteiger partial charge < -0.3 is 4.74 Å². The molecule has 2 aromatic rings. The molecule has 0 unspecified atom stereocenters. The molecule has 0 bridgehead atoms. The smallest absolute Gasteiger partial charge is 0.416 e. The number of aromatic nitrogens is 1. The molecule has 0 spiro atoms. The Bertz CT molecular complexity index is 523. The molecule has 18 heavy (non-hydrogen) atoms. The summed E-state index contributed by atoms with van der Waals surface area (Å²) in [6.07, 6.45) is -2.72. The van der Waals surface area contributed by atoms with E-state index in [1.807, 2.05) is 0 Å². The predicted octanol–water partition coefficient (Wildman–Crippen LogP) is 4.50. The van der Waals surface area contributed by atoms with Crippen LogP contribution in [0.2, 0.25) is 0 Å². The Kier molecular flexibility index (Phi) is 3.74. The third-order valence-electron chi connectivity index (χ3n) is 2.10. The monoisotopic (exact) mass is 365 g/mol. The molecule has 0 fully saturated rings. The molecule has 0 N–H and O–H groups in total. The first-order chi connectivity index (χ1) is 8.45. The quantitative estimate of drug-likeness (QED) is 0.732. The van der Waals surface area contributed by atoms with Crippen molar-refractivity contribution in [2.24, 2.45) is 0 Å². The van der Waals surface area contributed by atoms with Gasteiger partial charge in [-0.05, 0) is 52.9 Å². The first kappa shape index (κ1) is 13.1. The number of nitrogens with zero attached hydrogens (tertiary/aromatic N) is 1. The van der Waals surface area contributed by atoms with Gasteiger partial charge in [0.1, 0.15) is 5.75 Å². The first-order valence-corrected chi connectivity index (χ1v) is 6.00. The van der Waals surface area contributed by atoms with E-state index in [0.717, 1.165) is 15.7 Å². The van der Waals surface area contributed by atoms with Crippen molar-refractivity contribution in [2.45, 2.75) is 6.18 Å². The molecule has 0 amide bonds. The standard InChI is InChI=1S/C12H7F3INO/c13-12(14,15)8-1-4-10(5-2-8)18-11-6-3-9(16)7-17-11/h1-7H. The van der Waals surface area contributed by atoms with Crippen LogP contribution in [0.25, 0.3) is 0 Å². The summed E-state index contributed by atoms with van der Waals surface area (Å²) in [5, 5.41) is 0. The van der Waals surface area contributed by atoms with Gasteiger partial charge in [-0.1, -0.05) is 0 Å². The van der Waals surface area contributed by atoms with Gasteiger partial charge in [-0.25, -0.2) is 4.98 Å². The molecule has 0 saturated heterocycles. The molecule has 94 valence electrons. The van der Waals surface area contributed by atoms with Gasteiger partial charge in [0.25, 0.3) is 0 Å². The molecule has 0 aliphatic rings. The second kappa shape index (κ2) is 5.13. The lowest BCUT2D eigenvalue weighted by atomic mass is 10.2. The summed E-state index contributed by atoms with van der Waals surface area (Å²) < 4.78 is 43.3. The Morgan fingerprint density at radius 1 is 1.00 bits per heavy atom. The molecule has 0 saturated carbocycles. The molecule has 1 aromatic heterocycles. The van der Waals surface area contributed by atoms with Crippen molar-refractivity contribution in [3.8, 4) is 11.6 Å². The second-order valence-corrected chi connectivity index (χ2v) is 4.68. The van der Waals surface area contributed by atoms with Crippen molar-refractivity contribution in [3.63, 3.8) is 0 Å². The van der Waals surface area contributed by atoms with E-state index in [1.54, 1.807) is 18.3 Å². The van der Waals surface area contributed by atoms with Gasteiger partial charge in [0, 0.05) is 15.8 Å². The molecule has 0 radical (unpaired) electrons. The molecular formula is C12H7F3INO. The second-order valence-electron chi connectivity index (χ2n) is 3.44. The van der Waals surface area contributed by atoms with Gasteiger partial charge in [0.2, 0.25) is 5.88 Å². The van der Waals surface area contributed by atoms with E-state index in [4.69, 9.17) is 4.74 Å². The molecular weight excluding hydrogens is 358 g/mol. The zero-order chi connectivity index (χ0) is 13.2. The number of hydrogen-bond acceptors (Lipinski definition) is 2. The van der Waals surface area contributed by atoms with E-state index in [-0.39, 0.29) is 0 Å². The van der Waals surface area contributed by atoms with Crippen LogP contribution < -0.4 is 4.74 Å². The Hall–Kier alpha value is -1.31. The number of halogens is 4. The molecule has 0 atom stereocenters. The fourth-order valence-electron chi connectivity index (χ4n) is 1.26. The van der Waals surface area contributed by atoms with E-state index in [9.17, 15) is 13.2 Å². The third kappa shape index (κ3) is 3.34. The maximum atomic E-state index is 12.3. The average Bonchev–Trinajstić information content (AvgIpc) is 2.32. The lowest BCUT2D eigenvalue weighted by molar-refractivity contribution is -0.137. The van der Waals surface area contributed by atoms with Gasteiger partial charge in [-0.2, -0.15) is 13.2 Å². The minimum absolute atomic E-state index is 0.316. The molecule has 1 heterocycles. The number of pyridine rings is 1. The van der Waals surface area contributed by atoms with Crippen molar-refractivity contribution >= 4 is 22.6 Å². The van der Waals surface area contributed by atoms with Crippen LogP contribution in [0.5, 0.6) is 11.6 Å². The normalized spacial score (nSPS) is 11.3. The van der Waals surface area contributed by atoms with E-state index in [1.165, 1.54) is 12.1 Å². The molecule has 0 aliphatic heterocycles. The van der Waals surface area contributed by atoms with Gasteiger partial charge in [-0.3, -0.25) is 0 Å². The predicted molar refractivity (Wildman–Crippen MR) is 68.5 cm³/mol. The van der Waals surface area contributed by atoms with Gasteiger partial charge in [-0.15, -0.1) is 0 Å². The summed E-state index contributed by atoms with van der Waals surface area (Å²) in [5.74, 6) is 0.659. The SMILES string of the molecule is FC(F)(F)c1ccc(Oc2ccc(I)cn2)cc1. The summed E-state index contributed by atoms with van der Waals surface area (Å²) in [6.45, 7) is 0. The summed E-state index contributed by atoms with van der Waals surface area (Å²) >= 11 is 2.10. The molecule has 2 nitrogen and oxygen atoms in total. The van der Waals surface area contributed by atoms with Gasteiger partial charge in [0.05, 0.1) is 5.56 Å². The fourth-order valence-corrected chi connectivity index (χ4v) is 1.57. The van der Waals surface area contributed by atoms with E-state index in [2.05, 4.69) is 27.6 Å². The molecule has 1 aromatic carbocycles. The van der Waals surface area contributed by atoms with Crippen molar-refractivity contribution < 1.29 is 17.9 Å². The molecule has 6 heteroatoms. The van der Waals surface area contributed by atoms with Gasteiger partial charge >= 0.3 is 6.18 Å². The maximum absolute atomic E-state index is 12.3. The first-order valence-electron chi connectivity index (χ1n) is 4.92. The highest BCUT2D eigenvalue weighted by molar-refractivity contribution is 14.1. The topological polar surface area (TPSA) is 22.1 Å². The summed E-state index contributed by atoms with van der Waals surface area (Å²) in [4.78, 5) is 3.99. The lowest BCUT2D eigenvalue weighted by Crippen LogP contribution is -2.04. The fraction of sp³-hybridized carbons (Fsp3) is 0.0833. The summed E-state index contributed by atoms with van der Waals surface area (Å²) in [5.41, 5.74) is -0.703. The van der Waals surface area contributed by atoms with Crippen LogP contribution in [-0.4, -0.2) is 4.98 Å². The van der Waals surface area contributed by atoms with Crippen molar-refractivity contribution in [1.82, 2.24) is 4.98 Å². The number of alkyl halides is 3. The highest BCUT2D eigenvalue weighted by Crippen LogP contribution is 2.31. The highest BCUT2D eigenvalue weighted by Gasteiger charge is 2.30. The van der Waals surface area contributed by atoms with E-state index in [0.29, 0.717) is 11.6 Å².